The lowest BCUT2D eigenvalue weighted by atomic mass is 9.90. The zero-order chi connectivity index (χ0) is 37.2. The summed E-state index contributed by atoms with van der Waals surface area (Å²) < 4.78 is 19.3. The number of thiocarbonyl (C=S) groups is 1. The van der Waals surface area contributed by atoms with Gasteiger partial charge in [0.1, 0.15) is 42.1 Å². The Hall–Kier alpha value is -4.72. The molecule has 0 radical (unpaired) electrons. The number of nitrogens with zero attached hydrogens (tertiary/aromatic N) is 1. The predicted octanol–water partition coefficient (Wildman–Crippen LogP) is 5.70. The summed E-state index contributed by atoms with van der Waals surface area (Å²) in [5.41, 5.74) is 6.26. The van der Waals surface area contributed by atoms with Crippen LogP contribution in [0, 0.1) is 5.82 Å². The van der Waals surface area contributed by atoms with Crippen molar-refractivity contribution in [2.24, 2.45) is 0 Å². The Morgan fingerprint density at radius 1 is 0.755 bits per heavy atom. The molecule has 5 aromatic rings. The molecule has 0 bridgehead atoms. The second kappa shape index (κ2) is 15.7. The molecule has 5 aromatic carbocycles. The monoisotopic (exact) mass is 736 g/mol. The van der Waals surface area contributed by atoms with Gasteiger partial charge in [0.05, 0.1) is 24.8 Å². The topological polar surface area (TPSA) is 146 Å². The summed E-state index contributed by atoms with van der Waals surface area (Å²) in [4.78, 5) is 1.99. The highest BCUT2D eigenvalue weighted by Crippen LogP contribution is 2.42. The van der Waals surface area contributed by atoms with Crippen molar-refractivity contribution < 1.29 is 39.8 Å². The number of aliphatic hydroxyl groups excluding tert-OH is 5. The molecule has 0 saturated carbocycles. The van der Waals surface area contributed by atoms with Gasteiger partial charge in [-0.25, -0.2) is 4.39 Å². The summed E-state index contributed by atoms with van der Waals surface area (Å²) in [5, 5.41) is 67.2. The fourth-order valence-electron chi connectivity index (χ4n) is 7.33. The normalized spacial score (nSPS) is 24.9. The average Bonchev–Trinajstić information content (AvgIpc) is 3.52. The molecule has 274 valence electrons. The van der Waals surface area contributed by atoms with Crippen molar-refractivity contribution in [1.29, 1.82) is 0 Å². The van der Waals surface area contributed by atoms with E-state index in [2.05, 4.69) is 5.32 Å². The van der Waals surface area contributed by atoms with E-state index < -0.39 is 49.3 Å². The van der Waals surface area contributed by atoms with Gasteiger partial charge in [0.15, 0.2) is 5.11 Å². The van der Waals surface area contributed by atoms with Crippen LogP contribution >= 0.6 is 12.2 Å². The fraction of sp³-hybridized carbons (Fsp3) is 0.262. The number of phenolic OH excluding ortho intramolecular Hbond substituents is 1. The molecular formula is C42H41FN2O7S. The van der Waals surface area contributed by atoms with Gasteiger partial charge in [-0.15, -0.1) is 0 Å². The van der Waals surface area contributed by atoms with Crippen LogP contribution in [0.2, 0.25) is 0 Å². The van der Waals surface area contributed by atoms with Gasteiger partial charge in [0.25, 0.3) is 0 Å². The van der Waals surface area contributed by atoms with Crippen LogP contribution in [0.25, 0.3) is 22.3 Å². The van der Waals surface area contributed by atoms with Gasteiger partial charge in [0.2, 0.25) is 0 Å². The van der Waals surface area contributed by atoms with Crippen molar-refractivity contribution in [3.8, 4) is 28.0 Å². The zero-order valence-electron chi connectivity index (χ0n) is 28.6. The van der Waals surface area contributed by atoms with E-state index >= 15 is 0 Å². The predicted molar refractivity (Wildman–Crippen MR) is 203 cm³/mol. The molecule has 53 heavy (non-hydrogen) atoms. The highest BCUT2D eigenvalue weighted by Gasteiger charge is 2.44. The lowest BCUT2D eigenvalue weighted by Crippen LogP contribution is -2.55. The molecule has 9 nitrogen and oxygen atoms in total. The van der Waals surface area contributed by atoms with E-state index in [0.29, 0.717) is 34.6 Å². The van der Waals surface area contributed by atoms with Crippen molar-refractivity contribution in [2.45, 2.75) is 61.5 Å². The van der Waals surface area contributed by atoms with E-state index in [1.165, 1.54) is 12.1 Å². The van der Waals surface area contributed by atoms with E-state index in [4.69, 9.17) is 17.0 Å². The fourth-order valence-corrected chi connectivity index (χ4v) is 7.70. The second-order valence-corrected chi connectivity index (χ2v) is 14.0. The minimum absolute atomic E-state index is 0.0481. The number of phenols is 1. The summed E-state index contributed by atoms with van der Waals surface area (Å²) in [6, 6.07) is 35.7. The van der Waals surface area contributed by atoms with Gasteiger partial charge in [-0.2, -0.15) is 0 Å². The van der Waals surface area contributed by atoms with Crippen LogP contribution in [0.5, 0.6) is 5.75 Å². The van der Waals surface area contributed by atoms with Crippen molar-refractivity contribution in [3.63, 3.8) is 0 Å². The number of rotatable bonds is 10. The number of hydrogen-bond donors (Lipinski definition) is 7. The van der Waals surface area contributed by atoms with E-state index in [9.17, 15) is 35.0 Å². The smallest absolute Gasteiger partial charge is 0.174 e. The van der Waals surface area contributed by atoms with Gasteiger partial charge >= 0.3 is 0 Å². The molecule has 0 spiro atoms. The molecule has 11 heteroatoms. The van der Waals surface area contributed by atoms with E-state index in [-0.39, 0.29) is 17.6 Å². The first-order valence-corrected chi connectivity index (χ1v) is 18.0. The minimum atomic E-state index is -1.48. The Kier molecular flexibility index (Phi) is 10.9. The molecule has 2 aliphatic heterocycles. The number of halogens is 1. The minimum Gasteiger partial charge on any atom is -0.508 e. The van der Waals surface area contributed by atoms with Crippen LogP contribution in [0.4, 0.5) is 10.1 Å². The first kappa shape index (κ1) is 36.6. The molecule has 2 fully saturated rings. The van der Waals surface area contributed by atoms with Crippen LogP contribution in [0.15, 0.2) is 121 Å². The van der Waals surface area contributed by atoms with Gasteiger partial charge in [-0.1, -0.05) is 91.0 Å². The first-order valence-electron chi connectivity index (χ1n) is 17.6. The second-order valence-electron chi connectivity index (χ2n) is 13.6. The molecule has 7 rings (SSSR count). The number of nitrogens with one attached hydrogen (secondary N) is 1. The number of benzene rings is 5. The summed E-state index contributed by atoms with van der Waals surface area (Å²) >= 11 is 5.90. The maximum absolute atomic E-state index is 13.5. The third-order valence-corrected chi connectivity index (χ3v) is 10.6. The SMILES string of the molecule is OC[C@H]1O[C@@H](c2ccc(-c3ccc([C@@H]4[C@H](CCC(O)c5ccc(F)cc5)NC(=S)N4c4ccc(-c5ccccc5)cc4)c(O)c3)cc2)[C@H](O)[C@@H](O)[C@@H]1O. The number of aromatic hydroxyl groups is 1. The average molecular weight is 737 g/mol. The van der Waals surface area contributed by atoms with Crippen molar-refractivity contribution in [1.82, 2.24) is 5.32 Å². The number of anilines is 1. The Balaban J connectivity index is 1.17. The van der Waals surface area contributed by atoms with Gasteiger partial charge < -0.3 is 45.6 Å². The van der Waals surface area contributed by atoms with Crippen LogP contribution in [0.3, 0.4) is 0 Å². The third-order valence-electron chi connectivity index (χ3n) is 10.3. The molecule has 0 amide bonds. The van der Waals surface area contributed by atoms with Crippen LogP contribution in [-0.4, -0.2) is 72.8 Å². The highest BCUT2D eigenvalue weighted by molar-refractivity contribution is 7.80. The molecule has 2 aliphatic rings. The van der Waals surface area contributed by atoms with Gasteiger partial charge in [-0.05, 0) is 88.8 Å². The Morgan fingerprint density at radius 3 is 2.04 bits per heavy atom. The summed E-state index contributed by atoms with van der Waals surface area (Å²) in [7, 11) is 0. The molecule has 7 N–H and O–H groups in total. The molecular weight excluding hydrogens is 696 g/mol. The first-order chi connectivity index (χ1) is 25.6. The van der Waals surface area contributed by atoms with E-state index in [1.807, 2.05) is 71.6 Å². The highest BCUT2D eigenvalue weighted by atomic mass is 32.1. The number of ether oxygens (including phenoxy) is 1. The molecule has 0 aliphatic carbocycles. The Bertz CT molecular complexity index is 2020. The molecule has 1 unspecified atom stereocenters. The maximum Gasteiger partial charge on any atom is 0.174 e. The lowest BCUT2D eigenvalue weighted by molar-refractivity contribution is -0.231. The number of hydrogen-bond acceptors (Lipinski definition) is 8. The zero-order valence-corrected chi connectivity index (χ0v) is 29.4. The molecule has 2 heterocycles. The van der Waals surface area contributed by atoms with Crippen molar-refractivity contribution >= 4 is 23.0 Å². The van der Waals surface area contributed by atoms with Crippen molar-refractivity contribution in [3.05, 3.63) is 144 Å². The van der Waals surface area contributed by atoms with Gasteiger partial charge in [-0.3, -0.25) is 0 Å². The van der Waals surface area contributed by atoms with Crippen LogP contribution in [-0.2, 0) is 4.74 Å². The summed E-state index contributed by atoms with van der Waals surface area (Å²) in [5.74, 6) is -0.326. The maximum atomic E-state index is 13.5. The van der Waals surface area contributed by atoms with Crippen LogP contribution < -0.4 is 10.2 Å². The van der Waals surface area contributed by atoms with E-state index in [1.54, 1.807) is 42.5 Å². The number of aliphatic hydroxyl groups is 5. The Morgan fingerprint density at radius 2 is 1.38 bits per heavy atom. The molecule has 8 atom stereocenters. The van der Waals surface area contributed by atoms with Crippen molar-refractivity contribution in [2.75, 3.05) is 11.5 Å². The van der Waals surface area contributed by atoms with Gasteiger partial charge in [0, 0.05) is 11.3 Å². The molecule has 0 aromatic heterocycles. The molecule has 2 saturated heterocycles. The van der Waals surface area contributed by atoms with Crippen LogP contribution in [0.1, 0.15) is 47.8 Å². The Labute approximate surface area is 312 Å². The summed E-state index contributed by atoms with van der Waals surface area (Å²) in [6.07, 6.45) is -6.27. The third kappa shape index (κ3) is 7.55. The quantitative estimate of drug-likeness (QED) is 0.0893. The summed E-state index contributed by atoms with van der Waals surface area (Å²) in [6.45, 7) is -0.515. The van der Waals surface area contributed by atoms with E-state index in [0.717, 1.165) is 27.9 Å². The lowest BCUT2D eigenvalue weighted by Gasteiger charge is -2.40. The largest absolute Gasteiger partial charge is 0.508 e. The standard InChI is InChI=1S/C42H41FN2O7S/c43-30-15-10-27(11-16-30)34(47)21-20-33-37(45(42(53)44-33)31-17-12-25(13-18-31)24-4-2-1-3-5-24)32-19-14-29(22-35(32)48)26-6-8-28(9-7-26)41-40(51)39(50)38(49)36(23-46)52-41/h1-19,22,33-34,36-41,46-51H,20-21,23H2,(H,44,53)/t33-,34?,36+,37+,38+,39-,40+,41-/m0/s1.